The Kier molecular flexibility index (Phi) is 6.76. The highest BCUT2D eigenvalue weighted by Crippen LogP contribution is 2.11. The van der Waals surface area contributed by atoms with Gasteiger partial charge in [0.25, 0.3) is 0 Å². The predicted molar refractivity (Wildman–Crippen MR) is 104 cm³/mol. The number of rotatable bonds is 6. The van der Waals surface area contributed by atoms with Gasteiger partial charge in [-0.2, -0.15) is 0 Å². The molecule has 0 bridgehead atoms. The first-order valence-electron chi connectivity index (χ1n) is 9.24. The van der Waals surface area contributed by atoms with Gasteiger partial charge >= 0.3 is 6.03 Å². The van der Waals surface area contributed by atoms with Gasteiger partial charge in [0.05, 0.1) is 6.04 Å². The van der Waals surface area contributed by atoms with Gasteiger partial charge in [0.1, 0.15) is 0 Å². The minimum absolute atomic E-state index is 0.0307. The average molecular weight is 367 g/mol. The molecule has 1 aliphatic heterocycles. The molecule has 0 spiro atoms. The topological polar surface area (TPSA) is 95.2 Å². The lowest BCUT2D eigenvalue weighted by Crippen LogP contribution is -2.46. The summed E-state index contributed by atoms with van der Waals surface area (Å²) in [7, 11) is 0. The van der Waals surface area contributed by atoms with Crippen molar-refractivity contribution in [2.75, 3.05) is 11.9 Å². The van der Waals surface area contributed by atoms with Crippen LogP contribution < -0.4 is 21.3 Å². The summed E-state index contributed by atoms with van der Waals surface area (Å²) in [4.78, 5) is 28.2. The second kappa shape index (κ2) is 9.68. The third-order valence-electron chi connectivity index (χ3n) is 4.48. The van der Waals surface area contributed by atoms with Crippen molar-refractivity contribution in [3.8, 4) is 0 Å². The first-order chi connectivity index (χ1) is 13.2. The Morgan fingerprint density at radius 1 is 1.04 bits per heavy atom. The van der Waals surface area contributed by atoms with Crippen molar-refractivity contribution in [3.63, 3.8) is 0 Å². The summed E-state index contributed by atoms with van der Waals surface area (Å²) < 4.78 is 0. The van der Waals surface area contributed by atoms with E-state index in [1.54, 1.807) is 12.4 Å². The van der Waals surface area contributed by atoms with Crippen LogP contribution in [0.3, 0.4) is 0 Å². The van der Waals surface area contributed by atoms with Crippen molar-refractivity contribution >= 4 is 17.6 Å². The molecule has 3 rings (SSSR count). The van der Waals surface area contributed by atoms with Gasteiger partial charge < -0.3 is 21.3 Å². The minimum Gasteiger partial charge on any atom is -0.351 e. The highest BCUT2D eigenvalue weighted by Gasteiger charge is 2.19. The number of piperidine rings is 1. The molecule has 2 aromatic rings. The highest BCUT2D eigenvalue weighted by molar-refractivity contribution is 5.89. The number of anilines is 1. The van der Waals surface area contributed by atoms with Crippen LogP contribution in [0.15, 0.2) is 48.8 Å². The summed E-state index contributed by atoms with van der Waals surface area (Å²) in [5, 5.41) is 11.8. The second-order valence-electron chi connectivity index (χ2n) is 6.58. The Labute approximate surface area is 159 Å². The first-order valence-corrected chi connectivity index (χ1v) is 9.24. The standard InChI is InChI=1S/C20H25N5O2/c26-19(18-6-1-2-9-22-18)23-14-16-4-3-5-17(12-16)25-20(27)24-13-15-7-10-21-11-8-15/h3-5,7-8,10-12,18,22H,1-2,6,9,13-14H2,(H,23,26)(H2,24,25,27)/t18-/m1/s1. The number of pyridine rings is 1. The number of amides is 3. The van der Waals surface area contributed by atoms with Gasteiger partial charge in [-0.1, -0.05) is 18.6 Å². The third kappa shape index (κ3) is 6.07. The SMILES string of the molecule is O=C(NCc1ccncc1)Nc1cccc(CNC(=O)[C@H]2CCCCN2)c1. The van der Waals surface area contributed by atoms with Gasteiger partial charge in [0.2, 0.25) is 5.91 Å². The van der Waals surface area contributed by atoms with Crippen molar-refractivity contribution in [2.24, 2.45) is 0 Å². The van der Waals surface area contributed by atoms with E-state index in [1.165, 1.54) is 0 Å². The van der Waals surface area contributed by atoms with Gasteiger partial charge in [0.15, 0.2) is 0 Å². The van der Waals surface area contributed by atoms with Gasteiger partial charge in [-0.25, -0.2) is 4.79 Å². The van der Waals surface area contributed by atoms with E-state index in [-0.39, 0.29) is 18.0 Å². The fraction of sp³-hybridized carbons (Fsp3) is 0.350. The molecular formula is C20H25N5O2. The fourth-order valence-corrected chi connectivity index (χ4v) is 3.01. The monoisotopic (exact) mass is 367 g/mol. The molecule has 7 heteroatoms. The maximum Gasteiger partial charge on any atom is 0.319 e. The molecule has 4 N–H and O–H groups in total. The van der Waals surface area contributed by atoms with Crippen LogP contribution >= 0.6 is 0 Å². The number of hydrogen-bond donors (Lipinski definition) is 4. The van der Waals surface area contributed by atoms with Crippen molar-refractivity contribution in [1.29, 1.82) is 0 Å². The van der Waals surface area contributed by atoms with Crippen LogP contribution in [0.5, 0.6) is 0 Å². The molecule has 2 heterocycles. The predicted octanol–water partition coefficient (Wildman–Crippen LogP) is 2.16. The third-order valence-corrected chi connectivity index (χ3v) is 4.48. The van der Waals surface area contributed by atoms with E-state index in [0.29, 0.717) is 18.8 Å². The molecule has 1 aliphatic rings. The minimum atomic E-state index is -0.278. The number of aromatic nitrogens is 1. The van der Waals surface area contributed by atoms with Gasteiger partial charge in [-0.3, -0.25) is 9.78 Å². The lowest BCUT2D eigenvalue weighted by molar-refractivity contribution is -0.123. The van der Waals surface area contributed by atoms with E-state index < -0.39 is 0 Å². The fourth-order valence-electron chi connectivity index (χ4n) is 3.01. The molecule has 0 radical (unpaired) electrons. The Bertz CT molecular complexity index is 760. The zero-order valence-electron chi connectivity index (χ0n) is 15.2. The summed E-state index contributed by atoms with van der Waals surface area (Å²) in [6.45, 7) is 1.76. The van der Waals surface area contributed by atoms with Crippen molar-refractivity contribution in [2.45, 2.75) is 38.4 Å². The zero-order valence-corrected chi connectivity index (χ0v) is 15.2. The van der Waals surface area contributed by atoms with Crippen molar-refractivity contribution < 1.29 is 9.59 Å². The van der Waals surface area contributed by atoms with Crippen LogP contribution in [-0.4, -0.2) is 29.5 Å². The molecule has 1 aromatic heterocycles. The Morgan fingerprint density at radius 3 is 2.63 bits per heavy atom. The lowest BCUT2D eigenvalue weighted by Gasteiger charge is -2.22. The normalized spacial score (nSPS) is 16.4. The van der Waals surface area contributed by atoms with Gasteiger partial charge in [0, 0.05) is 31.2 Å². The van der Waals surface area contributed by atoms with Crippen LogP contribution in [0.4, 0.5) is 10.5 Å². The average Bonchev–Trinajstić information content (AvgIpc) is 2.72. The number of urea groups is 1. The van der Waals surface area contributed by atoms with Gasteiger partial charge in [-0.05, 0) is 54.8 Å². The van der Waals surface area contributed by atoms with Gasteiger partial charge in [-0.15, -0.1) is 0 Å². The van der Waals surface area contributed by atoms with E-state index in [2.05, 4.69) is 26.3 Å². The molecule has 0 saturated carbocycles. The van der Waals surface area contributed by atoms with Crippen molar-refractivity contribution in [1.82, 2.24) is 20.9 Å². The van der Waals surface area contributed by atoms with E-state index in [4.69, 9.17) is 0 Å². The summed E-state index contributed by atoms with van der Waals surface area (Å²) in [6.07, 6.45) is 6.47. The highest BCUT2D eigenvalue weighted by atomic mass is 16.2. The van der Waals surface area contributed by atoms with Crippen LogP contribution in [0, 0.1) is 0 Å². The number of carbonyl (C=O) groups excluding carboxylic acids is 2. The molecule has 1 fully saturated rings. The maximum atomic E-state index is 12.2. The quantitative estimate of drug-likeness (QED) is 0.629. The smallest absolute Gasteiger partial charge is 0.319 e. The largest absolute Gasteiger partial charge is 0.351 e. The maximum absolute atomic E-state index is 12.2. The number of hydrogen-bond acceptors (Lipinski definition) is 4. The van der Waals surface area contributed by atoms with Crippen molar-refractivity contribution in [3.05, 3.63) is 59.9 Å². The van der Waals surface area contributed by atoms with Crippen LogP contribution in [0.25, 0.3) is 0 Å². The summed E-state index contributed by atoms with van der Waals surface area (Å²) in [5.41, 5.74) is 2.60. The van der Waals surface area contributed by atoms with E-state index in [0.717, 1.165) is 36.9 Å². The number of nitrogens with zero attached hydrogens (tertiary/aromatic N) is 1. The summed E-state index contributed by atoms with van der Waals surface area (Å²) >= 11 is 0. The Hall–Kier alpha value is -2.93. The number of carbonyl (C=O) groups is 2. The van der Waals surface area contributed by atoms with Crippen LogP contribution in [0.1, 0.15) is 30.4 Å². The molecule has 1 aromatic carbocycles. The number of nitrogens with one attached hydrogen (secondary N) is 4. The van der Waals surface area contributed by atoms with E-state index >= 15 is 0 Å². The molecule has 0 unspecified atom stereocenters. The Balaban J connectivity index is 1.46. The Morgan fingerprint density at radius 2 is 1.85 bits per heavy atom. The van der Waals surface area contributed by atoms with Crippen LogP contribution in [-0.2, 0) is 17.9 Å². The van der Waals surface area contributed by atoms with E-state index in [9.17, 15) is 9.59 Å². The molecule has 1 atom stereocenters. The molecule has 7 nitrogen and oxygen atoms in total. The molecule has 27 heavy (non-hydrogen) atoms. The first kappa shape index (κ1) is 18.8. The molecular weight excluding hydrogens is 342 g/mol. The van der Waals surface area contributed by atoms with Crippen LogP contribution in [0.2, 0.25) is 0 Å². The molecule has 0 aliphatic carbocycles. The lowest BCUT2D eigenvalue weighted by atomic mass is 10.0. The zero-order chi connectivity index (χ0) is 18.9. The van der Waals surface area contributed by atoms with E-state index in [1.807, 2.05) is 36.4 Å². The number of benzene rings is 1. The molecule has 142 valence electrons. The summed E-state index contributed by atoms with van der Waals surface area (Å²) in [6, 6.07) is 10.8. The second-order valence-corrected chi connectivity index (χ2v) is 6.58. The molecule has 1 saturated heterocycles. The molecule has 3 amide bonds. The summed E-state index contributed by atoms with van der Waals surface area (Å²) in [5.74, 6) is 0.0307.